The Morgan fingerprint density at radius 3 is 2.52 bits per heavy atom. The van der Waals surface area contributed by atoms with E-state index in [1.54, 1.807) is 25.1 Å². The van der Waals surface area contributed by atoms with E-state index >= 15 is 0 Å². The molecular formula is C19H23NO5. The maximum Gasteiger partial charge on any atom is 0.348 e. The Hall–Kier alpha value is -2.81. The van der Waals surface area contributed by atoms with Crippen molar-refractivity contribution in [2.24, 2.45) is 0 Å². The molecule has 0 heterocycles. The second kappa shape index (κ2) is 10.9. The van der Waals surface area contributed by atoms with Gasteiger partial charge in [-0.15, -0.1) is 0 Å². The summed E-state index contributed by atoms with van der Waals surface area (Å²) >= 11 is 0. The highest BCUT2D eigenvalue weighted by atomic mass is 16.6. The number of hydrogen-bond donors (Lipinski definition) is 0. The molecule has 0 spiro atoms. The van der Waals surface area contributed by atoms with Gasteiger partial charge in [0.2, 0.25) is 0 Å². The molecule has 0 saturated carbocycles. The van der Waals surface area contributed by atoms with E-state index in [-0.39, 0.29) is 18.1 Å². The summed E-state index contributed by atoms with van der Waals surface area (Å²) in [4.78, 5) is 23.5. The van der Waals surface area contributed by atoms with Crippen molar-refractivity contribution in [3.63, 3.8) is 0 Å². The Bertz CT molecular complexity index is 673. The predicted molar refractivity (Wildman–Crippen MR) is 93.0 cm³/mol. The smallest absolute Gasteiger partial charge is 0.348 e. The first-order valence-corrected chi connectivity index (χ1v) is 8.32. The number of benzene rings is 1. The van der Waals surface area contributed by atoms with E-state index in [0.717, 1.165) is 12.8 Å². The van der Waals surface area contributed by atoms with Crippen molar-refractivity contribution in [3.05, 3.63) is 29.3 Å². The number of carbonyl (C=O) groups is 2. The summed E-state index contributed by atoms with van der Waals surface area (Å²) in [5, 5.41) is 9.09. The highest BCUT2D eigenvalue weighted by molar-refractivity contribution is 5.98. The lowest BCUT2D eigenvalue weighted by Crippen LogP contribution is -2.09. The molecule has 0 radical (unpaired) electrons. The van der Waals surface area contributed by atoms with Crippen LogP contribution in [0.4, 0.5) is 0 Å². The molecule has 0 aliphatic heterocycles. The normalized spacial score (nSPS) is 10.7. The zero-order valence-corrected chi connectivity index (χ0v) is 14.8. The molecule has 1 aromatic carbocycles. The number of ether oxygens (including phenoxy) is 3. The van der Waals surface area contributed by atoms with Gasteiger partial charge in [-0.25, -0.2) is 4.79 Å². The topological polar surface area (TPSA) is 85.6 Å². The molecule has 1 rings (SSSR count). The molecule has 0 aliphatic carbocycles. The van der Waals surface area contributed by atoms with Crippen LogP contribution in [0.1, 0.15) is 45.6 Å². The number of carbonyl (C=O) groups excluding carboxylic acids is 2. The van der Waals surface area contributed by atoms with Crippen LogP contribution in [0.3, 0.4) is 0 Å². The van der Waals surface area contributed by atoms with Crippen molar-refractivity contribution in [3.8, 4) is 17.6 Å². The summed E-state index contributed by atoms with van der Waals surface area (Å²) in [5.74, 6) is -0.314. The second-order valence-electron chi connectivity index (χ2n) is 5.11. The van der Waals surface area contributed by atoms with E-state index in [0.29, 0.717) is 30.1 Å². The van der Waals surface area contributed by atoms with Crippen LogP contribution in [-0.2, 0) is 14.3 Å². The van der Waals surface area contributed by atoms with Crippen LogP contribution in [0.15, 0.2) is 23.8 Å². The van der Waals surface area contributed by atoms with Crippen LogP contribution in [-0.4, -0.2) is 25.2 Å². The third-order valence-electron chi connectivity index (χ3n) is 3.15. The van der Waals surface area contributed by atoms with Gasteiger partial charge in [-0.3, -0.25) is 4.79 Å². The number of esters is 2. The average Bonchev–Trinajstić information content (AvgIpc) is 2.60. The number of nitriles is 1. The van der Waals surface area contributed by atoms with Crippen molar-refractivity contribution < 1.29 is 23.8 Å². The molecule has 6 nitrogen and oxygen atoms in total. The molecule has 0 atom stereocenters. The Kier molecular flexibility index (Phi) is 8.80. The van der Waals surface area contributed by atoms with Crippen LogP contribution in [0, 0.1) is 11.3 Å². The fourth-order valence-corrected chi connectivity index (χ4v) is 1.97. The largest absolute Gasteiger partial charge is 0.490 e. The van der Waals surface area contributed by atoms with Gasteiger partial charge in [0.05, 0.1) is 13.2 Å². The van der Waals surface area contributed by atoms with Crippen LogP contribution >= 0.6 is 0 Å². The minimum absolute atomic E-state index is 0.114. The first kappa shape index (κ1) is 20.2. The summed E-state index contributed by atoms with van der Waals surface area (Å²) in [6.07, 6.45) is 3.41. The van der Waals surface area contributed by atoms with E-state index in [1.807, 2.05) is 19.9 Å². The van der Waals surface area contributed by atoms with Crippen LogP contribution < -0.4 is 9.47 Å². The van der Waals surface area contributed by atoms with Gasteiger partial charge in [0.1, 0.15) is 11.6 Å². The van der Waals surface area contributed by atoms with Crippen molar-refractivity contribution >= 4 is 18.0 Å². The summed E-state index contributed by atoms with van der Waals surface area (Å²) in [7, 11) is 0. The molecule has 0 aliphatic rings. The Morgan fingerprint density at radius 1 is 1.16 bits per heavy atom. The van der Waals surface area contributed by atoms with Crippen molar-refractivity contribution in [2.45, 2.75) is 40.0 Å². The summed E-state index contributed by atoms with van der Waals surface area (Å²) in [6, 6.07) is 6.66. The van der Waals surface area contributed by atoms with Gasteiger partial charge in [0.15, 0.2) is 11.5 Å². The highest BCUT2D eigenvalue weighted by Crippen LogP contribution is 2.30. The molecule has 25 heavy (non-hydrogen) atoms. The van der Waals surface area contributed by atoms with E-state index < -0.39 is 5.97 Å². The summed E-state index contributed by atoms with van der Waals surface area (Å²) in [5.41, 5.74) is 0.457. The average molecular weight is 345 g/mol. The van der Waals surface area contributed by atoms with Crippen LogP contribution in [0.2, 0.25) is 0 Å². The number of unbranched alkanes of at least 4 members (excludes halogenated alkanes) is 1. The lowest BCUT2D eigenvalue weighted by Gasteiger charge is -2.11. The van der Waals surface area contributed by atoms with Gasteiger partial charge in [0.25, 0.3) is 0 Å². The maximum atomic E-state index is 11.8. The molecule has 0 aromatic heterocycles. The molecule has 0 fully saturated rings. The third kappa shape index (κ3) is 6.68. The minimum Gasteiger partial charge on any atom is -0.490 e. The highest BCUT2D eigenvalue weighted by Gasteiger charge is 2.13. The zero-order valence-electron chi connectivity index (χ0n) is 14.8. The second-order valence-corrected chi connectivity index (χ2v) is 5.11. The molecule has 0 unspecified atom stereocenters. The monoisotopic (exact) mass is 345 g/mol. The van der Waals surface area contributed by atoms with Crippen molar-refractivity contribution in [1.29, 1.82) is 5.26 Å². The quantitative estimate of drug-likeness (QED) is 0.294. The molecule has 0 bridgehead atoms. The Labute approximate surface area is 148 Å². The first-order chi connectivity index (χ1) is 12.0. The fraction of sp³-hybridized carbons (Fsp3) is 0.421. The molecular weight excluding hydrogens is 322 g/mol. The lowest BCUT2D eigenvalue weighted by atomic mass is 10.1. The number of rotatable bonds is 9. The molecule has 6 heteroatoms. The van der Waals surface area contributed by atoms with E-state index in [9.17, 15) is 9.59 Å². The van der Waals surface area contributed by atoms with Gasteiger partial charge < -0.3 is 14.2 Å². The third-order valence-corrected chi connectivity index (χ3v) is 3.15. The number of nitrogens with zero attached hydrogens (tertiary/aromatic N) is 1. The summed E-state index contributed by atoms with van der Waals surface area (Å²) in [6.45, 7) is 6.05. The van der Waals surface area contributed by atoms with Crippen LogP contribution in [0.5, 0.6) is 11.5 Å². The van der Waals surface area contributed by atoms with Gasteiger partial charge in [0, 0.05) is 6.42 Å². The van der Waals surface area contributed by atoms with Gasteiger partial charge in [-0.05, 0) is 44.0 Å². The van der Waals surface area contributed by atoms with E-state index in [4.69, 9.17) is 19.5 Å². The lowest BCUT2D eigenvalue weighted by molar-refractivity contribution is -0.138. The first-order valence-electron chi connectivity index (χ1n) is 8.32. The van der Waals surface area contributed by atoms with Gasteiger partial charge in [-0.2, -0.15) is 5.26 Å². The fourth-order valence-electron chi connectivity index (χ4n) is 1.97. The Balaban J connectivity index is 3.05. The molecule has 0 saturated heterocycles. The standard InChI is InChI=1S/C19H23NO5/c1-4-7-8-18(21)25-16-10-9-14(12-17(16)23-5-2)11-15(13-20)19(22)24-6-3/h9-12H,4-8H2,1-3H3. The van der Waals surface area contributed by atoms with Crippen molar-refractivity contribution in [1.82, 2.24) is 0 Å². The molecule has 0 amide bonds. The van der Waals surface area contributed by atoms with E-state index in [2.05, 4.69) is 0 Å². The molecule has 1 aromatic rings. The number of hydrogen-bond acceptors (Lipinski definition) is 6. The molecule has 0 N–H and O–H groups in total. The maximum absolute atomic E-state index is 11.8. The van der Waals surface area contributed by atoms with Crippen molar-refractivity contribution in [2.75, 3.05) is 13.2 Å². The van der Waals surface area contributed by atoms with Gasteiger partial charge in [-0.1, -0.05) is 19.4 Å². The summed E-state index contributed by atoms with van der Waals surface area (Å²) < 4.78 is 15.7. The van der Waals surface area contributed by atoms with Crippen LogP contribution in [0.25, 0.3) is 6.08 Å². The Morgan fingerprint density at radius 2 is 1.92 bits per heavy atom. The zero-order chi connectivity index (χ0) is 18.7. The van der Waals surface area contributed by atoms with Gasteiger partial charge >= 0.3 is 11.9 Å². The van der Waals surface area contributed by atoms with E-state index in [1.165, 1.54) is 6.08 Å². The molecule has 134 valence electrons. The minimum atomic E-state index is -0.682. The SMILES string of the molecule is CCCCC(=O)Oc1ccc(C=C(C#N)C(=O)OCC)cc1OCC. The predicted octanol–water partition coefficient (Wildman–Crippen LogP) is 3.65.